The smallest absolute Gasteiger partial charge is 0.224 e. The van der Waals surface area contributed by atoms with Crippen molar-refractivity contribution < 1.29 is 13.2 Å². The predicted octanol–water partition coefficient (Wildman–Crippen LogP) is 1.43. The van der Waals surface area contributed by atoms with Crippen LogP contribution in [0.4, 0.5) is 5.69 Å². The van der Waals surface area contributed by atoms with Crippen molar-refractivity contribution in [2.75, 3.05) is 11.2 Å². The number of anilines is 1. The molecule has 100 valence electrons. The normalized spacial score (nSPS) is 11.2. The fourth-order valence-corrected chi connectivity index (χ4v) is 2.16. The molecule has 0 aromatic heterocycles. The molecular weight excluding hydrogens is 276 g/mol. The molecule has 7 heteroatoms. The summed E-state index contributed by atoms with van der Waals surface area (Å²) >= 11 is 5.48. The monoisotopic (exact) mass is 290 g/mol. The zero-order valence-corrected chi connectivity index (χ0v) is 11.3. The van der Waals surface area contributed by atoms with Crippen LogP contribution in [0.25, 0.3) is 0 Å². The molecule has 0 bridgehead atoms. The third-order valence-electron chi connectivity index (χ3n) is 2.14. The van der Waals surface area contributed by atoms with Gasteiger partial charge in [0, 0.05) is 18.0 Å². The third-order valence-corrected chi connectivity index (χ3v) is 3.15. The lowest BCUT2D eigenvalue weighted by Gasteiger charge is -2.05. The third kappa shape index (κ3) is 6.00. The predicted molar refractivity (Wildman–Crippen MR) is 71.8 cm³/mol. The summed E-state index contributed by atoms with van der Waals surface area (Å²) < 4.78 is 21.8. The molecule has 0 unspecified atom stereocenters. The summed E-state index contributed by atoms with van der Waals surface area (Å²) in [7, 11) is -3.53. The first-order valence-corrected chi connectivity index (χ1v) is 7.61. The molecule has 0 radical (unpaired) electrons. The number of nitrogens with one attached hydrogen (secondary N) is 1. The highest BCUT2D eigenvalue weighted by Gasteiger charge is 2.05. The van der Waals surface area contributed by atoms with Gasteiger partial charge in [-0.1, -0.05) is 12.1 Å². The second kappa shape index (κ2) is 6.72. The molecule has 0 saturated heterocycles. The second-order valence-corrected chi connectivity index (χ2v) is 5.84. The Morgan fingerprint density at radius 3 is 2.39 bits per heavy atom. The number of amides is 1. The molecule has 5 nitrogen and oxygen atoms in total. The van der Waals surface area contributed by atoms with Crippen LogP contribution in [-0.2, 0) is 20.6 Å². The first-order valence-electron chi connectivity index (χ1n) is 5.36. The lowest BCUT2D eigenvalue weighted by Crippen LogP contribution is -2.14. The van der Waals surface area contributed by atoms with E-state index < -0.39 is 10.0 Å². The summed E-state index contributed by atoms with van der Waals surface area (Å²) in [6.07, 6.45) is 0.985. The Kier molecular flexibility index (Phi) is 5.58. The molecule has 0 saturated carbocycles. The van der Waals surface area contributed by atoms with Crippen molar-refractivity contribution in [1.29, 1.82) is 0 Å². The maximum Gasteiger partial charge on any atom is 0.224 e. The lowest BCUT2D eigenvalue weighted by molar-refractivity contribution is -0.116. The molecule has 0 atom stereocenters. The van der Waals surface area contributed by atoms with E-state index in [1.165, 1.54) is 0 Å². The topological polar surface area (TPSA) is 89.3 Å². The highest BCUT2D eigenvalue weighted by molar-refractivity contribution is 7.88. The van der Waals surface area contributed by atoms with Crippen molar-refractivity contribution in [3.05, 3.63) is 29.8 Å². The Balaban J connectivity index is 2.58. The SMILES string of the molecule is NS(=O)(=O)Cc1ccc(NC(=O)CCCCl)cc1. The van der Waals surface area contributed by atoms with Gasteiger partial charge in [-0.05, 0) is 24.1 Å². The maximum absolute atomic E-state index is 11.4. The largest absolute Gasteiger partial charge is 0.326 e. The highest BCUT2D eigenvalue weighted by Crippen LogP contribution is 2.11. The Morgan fingerprint density at radius 2 is 1.89 bits per heavy atom. The number of carbonyl (C=O) groups excluding carboxylic acids is 1. The maximum atomic E-state index is 11.4. The van der Waals surface area contributed by atoms with Gasteiger partial charge in [-0.25, -0.2) is 13.6 Å². The second-order valence-electron chi connectivity index (χ2n) is 3.84. The fourth-order valence-electron chi connectivity index (χ4n) is 1.37. The van der Waals surface area contributed by atoms with Crippen LogP contribution >= 0.6 is 11.6 Å². The summed E-state index contributed by atoms with van der Waals surface area (Å²) in [6, 6.07) is 6.50. The molecule has 1 aromatic rings. The van der Waals surface area contributed by atoms with Crippen LogP contribution < -0.4 is 10.5 Å². The Morgan fingerprint density at radius 1 is 1.28 bits per heavy atom. The van der Waals surface area contributed by atoms with E-state index in [1.54, 1.807) is 24.3 Å². The Labute approximate surface area is 111 Å². The zero-order chi connectivity index (χ0) is 13.6. The zero-order valence-electron chi connectivity index (χ0n) is 9.73. The molecule has 0 fully saturated rings. The summed E-state index contributed by atoms with van der Waals surface area (Å²) in [6.45, 7) is 0. The van der Waals surface area contributed by atoms with E-state index in [4.69, 9.17) is 16.7 Å². The number of benzene rings is 1. The van der Waals surface area contributed by atoms with Gasteiger partial charge < -0.3 is 5.32 Å². The van der Waals surface area contributed by atoms with Crippen LogP contribution in [0.5, 0.6) is 0 Å². The number of rotatable bonds is 6. The van der Waals surface area contributed by atoms with E-state index in [2.05, 4.69) is 5.32 Å². The molecule has 3 N–H and O–H groups in total. The number of sulfonamides is 1. The standard InChI is InChI=1S/C11H15ClN2O3S/c12-7-1-2-11(15)14-10-5-3-9(4-6-10)8-18(13,16)17/h3-6H,1-2,7-8H2,(H,14,15)(H2,13,16,17). The highest BCUT2D eigenvalue weighted by atomic mass is 35.5. The molecule has 0 spiro atoms. The van der Waals surface area contributed by atoms with Crippen LogP contribution in [0.1, 0.15) is 18.4 Å². The van der Waals surface area contributed by atoms with E-state index >= 15 is 0 Å². The van der Waals surface area contributed by atoms with Gasteiger partial charge in [0.05, 0.1) is 5.75 Å². The minimum atomic E-state index is -3.53. The molecule has 1 amide bonds. The average molecular weight is 291 g/mol. The summed E-state index contributed by atoms with van der Waals surface area (Å²) in [5.74, 6) is 0.114. The molecule has 1 rings (SSSR count). The van der Waals surface area contributed by atoms with E-state index in [1.807, 2.05) is 0 Å². The molecule has 18 heavy (non-hydrogen) atoms. The number of alkyl halides is 1. The molecule has 1 aromatic carbocycles. The molecule has 0 aliphatic rings. The van der Waals surface area contributed by atoms with E-state index in [-0.39, 0.29) is 11.7 Å². The number of hydrogen-bond acceptors (Lipinski definition) is 3. The van der Waals surface area contributed by atoms with Crippen LogP contribution in [0.15, 0.2) is 24.3 Å². The van der Waals surface area contributed by atoms with E-state index in [0.29, 0.717) is 30.0 Å². The fraction of sp³-hybridized carbons (Fsp3) is 0.364. The summed E-state index contributed by atoms with van der Waals surface area (Å²) in [5, 5.41) is 7.62. The minimum Gasteiger partial charge on any atom is -0.326 e. The van der Waals surface area contributed by atoms with Crippen molar-refractivity contribution in [3.63, 3.8) is 0 Å². The first-order chi connectivity index (χ1) is 8.40. The van der Waals surface area contributed by atoms with Crippen molar-refractivity contribution in [2.45, 2.75) is 18.6 Å². The van der Waals surface area contributed by atoms with Gasteiger partial charge >= 0.3 is 0 Å². The molecule has 0 aliphatic carbocycles. The van der Waals surface area contributed by atoms with Crippen LogP contribution in [0.2, 0.25) is 0 Å². The molecular formula is C11H15ClN2O3S. The van der Waals surface area contributed by atoms with Crippen molar-refractivity contribution >= 4 is 33.2 Å². The van der Waals surface area contributed by atoms with Gasteiger partial charge in [0.2, 0.25) is 15.9 Å². The van der Waals surface area contributed by atoms with Crippen molar-refractivity contribution in [2.24, 2.45) is 5.14 Å². The summed E-state index contributed by atoms with van der Waals surface area (Å²) in [4.78, 5) is 11.4. The number of carbonyl (C=O) groups is 1. The van der Waals surface area contributed by atoms with Crippen LogP contribution in [0, 0.1) is 0 Å². The number of halogens is 1. The van der Waals surface area contributed by atoms with E-state index in [0.717, 1.165) is 0 Å². The van der Waals surface area contributed by atoms with Gasteiger partial charge in [0.1, 0.15) is 0 Å². The van der Waals surface area contributed by atoms with Gasteiger partial charge in [0.15, 0.2) is 0 Å². The van der Waals surface area contributed by atoms with Crippen molar-refractivity contribution in [1.82, 2.24) is 0 Å². The van der Waals surface area contributed by atoms with E-state index in [9.17, 15) is 13.2 Å². The minimum absolute atomic E-state index is 0.116. The Hall–Kier alpha value is -1.11. The van der Waals surface area contributed by atoms with Gasteiger partial charge in [-0.2, -0.15) is 0 Å². The first kappa shape index (κ1) is 14.9. The lowest BCUT2D eigenvalue weighted by atomic mass is 10.2. The summed E-state index contributed by atoms with van der Waals surface area (Å²) in [5.41, 5.74) is 1.20. The number of hydrogen-bond donors (Lipinski definition) is 2. The molecule has 0 aliphatic heterocycles. The molecule has 0 heterocycles. The van der Waals surface area contributed by atoms with Crippen molar-refractivity contribution in [3.8, 4) is 0 Å². The average Bonchev–Trinajstić information content (AvgIpc) is 2.27. The van der Waals surface area contributed by atoms with Crippen LogP contribution in [-0.4, -0.2) is 20.2 Å². The quantitative estimate of drug-likeness (QED) is 0.777. The number of primary sulfonamides is 1. The van der Waals surface area contributed by atoms with Crippen LogP contribution in [0.3, 0.4) is 0 Å². The van der Waals surface area contributed by atoms with Gasteiger partial charge in [-0.3, -0.25) is 4.79 Å². The van der Waals surface area contributed by atoms with Gasteiger partial charge in [0.25, 0.3) is 0 Å². The number of nitrogens with two attached hydrogens (primary N) is 1. The Bertz CT molecular complexity index is 500. The van der Waals surface area contributed by atoms with Gasteiger partial charge in [-0.15, -0.1) is 11.6 Å².